The van der Waals surface area contributed by atoms with Crippen molar-refractivity contribution in [3.63, 3.8) is 0 Å². The summed E-state index contributed by atoms with van der Waals surface area (Å²) in [5, 5.41) is 9.55. The maximum Gasteiger partial charge on any atom is 0.134 e. The fourth-order valence-corrected chi connectivity index (χ4v) is 2.78. The quantitative estimate of drug-likeness (QED) is 0.904. The van der Waals surface area contributed by atoms with Crippen molar-refractivity contribution in [2.45, 2.75) is 33.3 Å². The van der Waals surface area contributed by atoms with E-state index in [0.29, 0.717) is 5.92 Å². The van der Waals surface area contributed by atoms with E-state index in [9.17, 15) is 5.11 Å². The van der Waals surface area contributed by atoms with Crippen LogP contribution in [0, 0.1) is 19.8 Å². The van der Waals surface area contributed by atoms with Crippen molar-refractivity contribution in [1.29, 1.82) is 0 Å². The van der Waals surface area contributed by atoms with Gasteiger partial charge in [0.2, 0.25) is 0 Å². The lowest BCUT2D eigenvalue weighted by molar-refractivity contribution is 0.0576. The second-order valence-electron chi connectivity index (χ2n) is 5.50. The number of anilines is 1. The monoisotopic (exact) mass is 264 g/mol. The first-order chi connectivity index (χ1) is 9.11. The van der Waals surface area contributed by atoms with Crippen molar-refractivity contribution in [3.8, 4) is 0 Å². The average molecular weight is 264 g/mol. The SMILES string of the molecule is Cc1cc(C)c(CO)c(N(C)CC2CCCOC2)n1. The van der Waals surface area contributed by atoms with Gasteiger partial charge >= 0.3 is 0 Å². The smallest absolute Gasteiger partial charge is 0.134 e. The number of ether oxygens (including phenoxy) is 1. The molecule has 0 aromatic carbocycles. The largest absolute Gasteiger partial charge is 0.392 e. The van der Waals surface area contributed by atoms with Crippen LogP contribution >= 0.6 is 0 Å². The molecule has 2 heterocycles. The second kappa shape index (κ2) is 6.35. The topological polar surface area (TPSA) is 45.6 Å². The van der Waals surface area contributed by atoms with E-state index in [0.717, 1.165) is 48.8 Å². The lowest BCUT2D eigenvalue weighted by Gasteiger charge is -2.29. The van der Waals surface area contributed by atoms with E-state index in [1.54, 1.807) is 0 Å². The maximum absolute atomic E-state index is 9.55. The molecule has 4 heteroatoms. The van der Waals surface area contributed by atoms with Crippen molar-refractivity contribution in [1.82, 2.24) is 4.98 Å². The number of aromatic nitrogens is 1. The molecule has 1 atom stereocenters. The van der Waals surface area contributed by atoms with E-state index in [1.807, 2.05) is 19.9 Å². The van der Waals surface area contributed by atoms with Crippen LogP contribution in [-0.4, -0.2) is 36.9 Å². The van der Waals surface area contributed by atoms with Gasteiger partial charge in [0, 0.05) is 31.5 Å². The van der Waals surface area contributed by atoms with Gasteiger partial charge in [-0.05, 0) is 44.2 Å². The van der Waals surface area contributed by atoms with Crippen LogP contribution in [0.1, 0.15) is 29.7 Å². The average Bonchev–Trinajstić information content (AvgIpc) is 2.39. The van der Waals surface area contributed by atoms with Gasteiger partial charge in [0.15, 0.2) is 0 Å². The molecular formula is C15H24N2O2. The molecule has 106 valence electrons. The van der Waals surface area contributed by atoms with E-state index >= 15 is 0 Å². The molecule has 0 amide bonds. The molecule has 19 heavy (non-hydrogen) atoms. The Morgan fingerprint density at radius 2 is 2.26 bits per heavy atom. The first-order valence-corrected chi connectivity index (χ1v) is 6.98. The van der Waals surface area contributed by atoms with Gasteiger partial charge in [-0.1, -0.05) is 0 Å². The van der Waals surface area contributed by atoms with Crippen molar-refractivity contribution < 1.29 is 9.84 Å². The minimum atomic E-state index is 0.0416. The third kappa shape index (κ3) is 3.45. The fraction of sp³-hybridized carbons (Fsp3) is 0.667. The van der Waals surface area contributed by atoms with E-state index in [2.05, 4.69) is 16.9 Å². The third-order valence-corrected chi connectivity index (χ3v) is 3.76. The Morgan fingerprint density at radius 3 is 2.89 bits per heavy atom. The number of aliphatic hydroxyl groups excluding tert-OH is 1. The van der Waals surface area contributed by atoms with Crippen LogP contribution in [0.25, 0.3) is 0 Å². The highest BCUT2D eigenvalue weighted by Crippen LogP contribution is 2.24. The van der Waals surface area contributed by atoms with Crippen LogP contribution in [0.3, 0.4) is 0 Å². The standard InChI is InChI=1S/C15H24N2O2/c1-11-7-12(2)16-15(14(11)9-18)17(3)8-13-5-4-6-19-10-13/h7,13,18H,4-6,8-10H2,1-3H3. The normalized spacial score (nSPS) is 19.5. The number of hydrogen-bond acceptors (Lipinski definition) is 4. The second-order valence-corrected chi connectivity index (χ2v) is 5.50. The number of rotatable bonds is 4. The van der Waals surface area contributed by atoms with E-state index in [1.165, 1.54) is 6.42 Å². The van der Waals surface area contributed by atoms with Crippen molar-refractivity contribution in [3.05, 3.63) is 22.9 Å². The minimum absolute atomic E-state index is 0.0416. The molecule has 0 radical (unpaired) electrons. The number of nitrogens with zero attached hydrogens (tertiary/aromatic N) is 2. The summed E-state index contributed by atoms with van der Waals surface area (Å²) in [5.41, 5.74) is 3.04. The Morgan fingerprint density at radius 1 is 1.47 bits per heavy atom. The van der Waals surface area contributed by atoms with Crippen molar-refractivity contribution >= 4 is 5.82 Å². The Hall–Kier alpha value is -1.13. The van der Waals surface area contributed by atoms with Gasteiger partial charge in [-0.25, -0.2) is 4.98 Å². The van der Waals surface area contributed by atoms with Crippen LogP contribution in [0.15, 0.2) is 6.07 Å². The highest BCUT2D eigenvalue weighted by molar-refractivity contribution is 5.50. The lowest BCUT2D eigenvalue weighted by atomic mass is 10.0. The molecule has 1 aliphatic heterocycles. The van der Waals surface area contributed by atoms with Gasteiger partial charge in [-0.15, -0.1) is 0 Å². The Kier molecular flexibility index (Phi) is 4.77. The maximum atomic E-state index is 9.55. The summed E-state index contributed by atoms with van der Waals surface area (Å²) < 4.78 is 5.53. The van der Waals surface area contributed by atoms with Crippen LogP contribution in [0.5, 0.6) is 0 Å². The Labute approximate surface area is 115 Å². The minimum Gasteiger partial charge on any atom is -0.392 e. The van der Waals surface area contributed by atoms with E-state index in [4.69, 9.17) is 4.74 Å². The third-order valence-electron chi connectivity index (χ3n) is 3.76. The van der Waals surface area contributed by atoms with E-state index < -0.39 is 0 Å². The van der Waals surface area contributed by atoms with Gasteiger partial charge < -0.3 is 14.7 Å². The number of hydrogen-bond donors (Lipinski definition) is 1. The van der Waals surface area contributed by atoms with Crippen molar-refractivity contribution in [2.75, 3.05) is 31.7 Å². The van der Waals surface area contributed by atoms with Gasteiger partial charge in [0.1, 0.15) is 5.82 Å². The summed E-state index contributed by atoms with van der Waals surface area (Å²) in [4.78, 5) is 6.75. The molecule has 1 unspecified atom stereocenters. The summed E-state index contributed by atoms with van der Waals surface area (Å²) >= 11 is 0. The molecule has 0 aliphatic carbocycles. The van der Waals surface area contributed by atoms with Gasteiger partial charge in [-0.3, -0.25) is 0 Å². The van der Waals surface area contributed by atoms with Gasteiger partial charge in [-0.2, -0.15) is 0 Å². The molecule has 1 aliphatic rings. The molecule has 1 saturated heterocycles. The molecule has 0 spiro atoms. The van der Waals surface area contributed by atoms with Gasteiger partial charge in [0.05, 0.1) is 13.2 Å². The Bertz CT molecular complexity index is 428. The molecule has 1 fully saturated rings. The van der Waals surface area contributed by atoms with Crippen LogP contribution in [0.4, 0.5) is 5.82 Å². The molecule has 1 aromatic rings. The summed E-state index contributed by atoms with van der Waals surface area (Å²) in [6.07, 6.45) is 2.36. The molecule has 4 nitrogen and oxygen atoms in total. The zero-order valence-electron chi connectivity index (χ0n) is 12.1. The molecule has 0 bridgehead atoms. The molecule has 1 N–H and O–H groups in total. The predicted octanol–water partition coefficient (Wildman–Crippen LogP) is 2.05. The summed E-state index contributed by atoms with van der Waals surface area (Å²) in [5.74, 6) is 1.47. The van der Waals surface area contributed by atoms with Crippen LogP contribution in [-0.2, 0) is 11.3 Å². The zero-order valence-corrected chi connectivity index (χ0v) is 12.1. The lowest BCUT2D eigenvalue weighted by Crippen LogP contribution is -2.32. The molecular weight excluding hydrogens is 240 g/mol. The molecule has 1 aromatic heterocycles. The van der Waals surface area contributed by atoms with Gasteiger partial charge in [0.25, 0.3) is 0 Å². The summed E-state index contributed by atoms with van der Waals surface area (Å²) in [6.45, 7) is 6.73. The summed E-state index contributed by atoms with van der Waals surface area (Å²) in [7, 11) is 2.05. The fourth-order valence-electron chi connectivity index (χ4n) is 2.78. The zero-order chi connectivity index (χ0) is 13.8. The number of pyridine rings is 1. The first kappa shape index (κ1) is 14.3. The van der Waals surface area contributed by atoms with Crippen LogP contribution in [0.2, 0.25) is 0 Å². The summed E-state index contributed by atoms with van der Waals surface area (Å²) in [6, 6.07) is 2.02. The molecule has 2 rings (SSSR count). The predicted molar refractivity (Wildman–Crippen MR) is 76.4 cm³/mol. The van der Waals surface area contributed by atoms with E-state index in [-0.39, 0.29) is 6.61 Å². The highest BCUT2D eigenvalue weighted by atomic mass is 16.5. The Balaban J connectivity index is 2.15. The number of aryl methyl sites for hydroxylation is 2. The highest BCUT2D eigenvalue weighted by Gasteiger charge is 2.19. The number of aliphatic hydroxyl groups is 1. The molecule has 0 saturated carbocycles. The first-order valence-electron chi connectivity index (χ1n) is 6.98. The van der Waals surface area contributed by atoms with Crippen molar-refractivity contribution in [2.24, 2.45) is 5.92 Å². The van der Waals surface area contributed by atoms with Crippen LogP contribution < -0.4 is 4.90 Å².